The van der Waals surface area contributed by atoms with Gasteiger partial charge < -0.3 is 0 Å². The van der Waals surface area contributed by atoms with Crippen LogP contribution in [-0.4, -0.2) is 17.8 Å². The predicted octanol–water partition coefficient (Wildman–Crippen LogP) is 2.35. The first-order valence-electron chi connectivity index (χ1n) is 5.75. The molecule has 2 aromatic heterocycles. The van der Waals surface area contributed by atoms with Crippen LogP contribution < -0.4 is 0 Å². The molecule has 0 aromatic carbocycles. The van der Waals surface area contributed by atoms with Crippen molar-refractivity contribution in [3.8, 4) is 0 Å². The van der Waals surface area contributed by atoms with E-state index in [1.165, 1.54) is 4.40 Å². The molecular weight excluding hydrogens is 255 g/mol. The van der Waals surface area contributed by atoms with Gasteiger partial charge in [-0.2, -0.15) is 8.42 Å². The van der Waals surface area contributed by atoms with Crippen LogP contribution in [0.4, 0.5) is 3.89 Å². The Morgan fingerprint density at radius 2 is 2.06 bits per heavy atom. The summed E-state index contributed by atoms with van der Waals surface area (Å²) in [6, 6.07) is 3.54. The molecule has 0 amide bonds. The number of halogens is 1. The average Bonchev–Trinajstić information content (AvgIpc) is 2.88. The van der Waals surface area contributed by atoms with Gasteiger partial charge in [0.2, 0.25) is 0 Å². The van der Waals surface area contributed by atoms with Crippen molar-refractivity contribution in [1.82, 2.24) is 9.38 Å². The van der Waals surface area contributed by atoms with Crippen LogP contribution in [0.5, 0.6) is 0 Å². The molecule has 0 aliphatic heterocycles. The molecule has 6 heteroatoms. The lowest BCUT2D eigenvalue weighted by Crippen LogP contribution is -2.08. The molecule has 1 aliphatic carbocycles. The van der Waals surface area contributed by atoms with Crippen molar-refractivity contribution < 1.29 is 12.3 Å². The summed E-state index contributed by atoms with van der Waals surface area (Å²) >= 11 is 0. The van der Waals surface area contributed by atoms with Crippen molar-refractivity contribution in [2.45, 2.75) is 37.1 Å². The van der Waals surface area contributed by atoms with Crippen LogP contribution in [0.25, 0.3) is 5.65 Å². The molecular formula is C12H13FN2O2S. The summed E-state index contributed by atoms with van der Waals surface area (Å²) in [6.45, 7) is 3.74. The smallest absolute Gasteiger partial charge is 0.288 e. The number of aromatic nitrogens is 2. The fourth-order valence-electron chi connectivity index (χ4n) is 2.18. The van der Waals surface area contributed by atoms with Crippen molar-refractivity contribution >= 4 is 15.9 Å². The van der Waals surface area contributed by atoms with Gasteiger partial charge in [-0.15, -0.1) is 0 Å². The van der Waals surface area contributed by atoms with E-state index < -0.39 is 10.2 Å². The largest absolute Gasteiger partial charge is 0.350 e. The molecule has 0 N–H and O–H groups in total. The number of nitrogens with zero attached hydrogens (tertiary/aromatic N) is 2. The molecule has 0 unspecified atom stereocenters. The lowest BCUT2D eigenvalue weighted by Gasteiger charge is -2.05. The number of aryl methyl sites for hydroxylation is 1. The maximum Gasteiger partial charge on any atom is 0.350 e. The predicted molar refractivity (Wildman–Crippen MR) is 64.8 cm³/mol. The minimum atomic E-state index is -4.78. The summed E-state index contributed by atoms with van der Waals surface area (Å²) < 4.78 is 37.7. The number of fused-ring (bicyclic) bond motifs is 1. The Kier molecular flexibility index (Phi) is 2.15. The SMILES string of the molecule is Cc1ccc2nc(C3(C)CC3)c(S(=O)(=O)F)n2c1. The fraction of sp³-hybridized carbons (Fsp3) is 0.417. The van der Waals surface area contributed by atoms with E-state index in [2.05, 4.69) is 4.98 Å². The Bertz CT molecular complexity index is 745. The molecule has 18 heavy (non-hydrogen) atoms. The minimum absolute atomic E-state index is 0.297. The van der Waals surface area contributed by atoms with Gasteiger partial charge in [-0.05, 0) is 31.4 Å². The third-order valence-electron chi connectivity index (χ3n) is 3.53. The highest BCUT2D eigenvalue weighted by Gasteiger charge is 2.46. The van der Waals surface area contributed by atoms with E-state index >= 15 is 0 Å². The minimum Gasteiger partial charge on any atom is -0.288 e. The highest BCUT2D eigenvalue weighted by Crippen LogP contribution is 2.49. The van der Waals surface area contributed by atoms with Crippen LogP contribution >= 0.6 is 0 Å². The molecule has 3 rings (SSSR count). The highest BCUT2D eigenvalue weighted by atomic mass is 32.3. The molecule has 0 saturated heterocycles. The topological polar surface area (TPSA) is 51.4 Å². The number of rotatable bonds is 2. The van der Waals surface area contributed by atoms with E-state index in [9.17, 15) is 12.3 Å². The molecule has 1 aliphatic rings. The van der Waals surface area contributed by atoms with E-state index in [1.807, 2.05) is 19.9 Å². The zero-order chi connectivity index (χ0) is 13.1. The zero-order valence-electron chi connectivity index (χ0n) is 10.1. The molecule has 1 fully saturated rings. The second kappa shape index (κ2) is 3.32. The summed E-state index contributed by atoms with van der Waals surface area (Å²) in [4.78, 5) is 4.30. The van der Waals surface area contributed by atoms with E-state index in [-0.39, 0.29) is 10.4 Å². The van der Waals surface area contributed by atoms with Crippen molar-refractivity contribution in [1.29, 1.82) is 0 Å². The Hall–Kier alpha value is -1.43. The maximum atomic E-state index is 13.5. The van der Waals surface area contributed by atoms with Crippen LogP contribution in [0.2, 0.25) is 0 Å². The van der Waals surface area contributed by atoms with Gasteiger partial charge in [0, 0.05) is 11.6 Å². The second-order valence-electron chi connectivity index (χ2n) is 5.20. The number of hydrogen-bond donors (Lipinski definition) is 0. The van der Waals surface area contributed by atoms with E-state index in [0.29, 0.717) is 11.3 Å². The normalized spacial score (nSPS) is 18.2. The van der Waals surface area contributed by atoms with Gasteiger partial charge in [0.25, 0.3) is 0 Å². The van der Waals surface area contributed by atoms with Gasteiger partial charge >= 0.3 is 10.2 Å². The Morgan fingerprint density at radius 1 is 1.39 bits per heavy atom. The summed E-state index contributed by atoms with van der Waals surface area (Å²) in [6.07, 6.45) is 3.29. The molecule has 0 spiro atoms. The molecule has 4 nitrogen and oxygen atoms in total. The van der Waals surface area contributed by atoms with Gasteiger partial charge in [-0.25, -0.2) is 4.98 Å². The molecule has 0 radical (unpaired) electrons. The quantitative estimate of drug-likeness (QED) is 0.786. The number of pyridine rings is 1. The molecule has 0 bridgehead atoms. The molecule has 96 valence electrons. The van der Waals surface area contributed by atoms with Crippen LogP contribution in [0.1, 0.15) is 31.0 Å². The Labute approximate surface area is 105 Å². The van der Waals surface area contributed by atoms with Crippen LogP contribution in [0, 0.1) is 6.92 Å². The monoisotopic (exact) mass is 268 g/mol. The third-order valence-corrected chi connectivity index (χ3v) is 4.38. The second-order valence-corrected chi connectivity index (χ2v) is 6.46. The summed E-state index contributed by atoms with van der Waals surface area (Å²) in [7, 11) is -4.78. The van der Waals surface area contributed by atoms with Crippen LogP contribution in [0.3, 0.4) is 0 Å². The summed E-state index contributed by atoms with van der Waals surface area (Å²) in [5.74, 6) is 0. The van der Waals surface area contributed by atoms with Crippen molar-refractivity contribution in [2.75, 3.05) is 0 Å². The molecule has 2 aromatic rings. The van der Waals surface area contributed by atoms with Crippen molar-refractivity contribution in [3.05, 3.63) is 29.6 Å². The first kappa shape index (κ1) is 11.6. The Balaban J connectivity index is 2.43. The van der Waals surface area contributed by atoms with Gasteiger partial charge in [0.15, 0.2) is 5.03 Å². The van der Waals surface area contributed by atoms with Gasteiger partial charge in [0.05, 0.1) is 5.69 Å². The third kappa shape index (κ3) is 1.63. The maximum absolute atomic E-state index is 13.5. The van der Waals surface area contributed by atoms with Crippen molar-refractivity contribution in [3.63, 3.8) is 0 Å². The first-order valence-corrected chi connectivity index (χ1v) is 7.13. The van der Waals surface area contributed by atoms with Gasteiger partial charge in [-0.1, -0.05) is 16.9 Å². The molecule has 2 heterocycles. The molecule has 1 saturated carbocycles. The lowest BCUT2D eigenvalue weighted by molar-refractivity contribution is 0.541. The van der Waals surface area contributed by atoms with Gasteiger partial charge in [0.1, 0.15) is 5.65 Å². The van der Waals surface area contributed by atoms with E-state index in [1.54, 1.807) is 12.3 Å². The van der Waals surface area contributed by atoms with E-state index in [0.717, 1.165) is 18.4 Å². The van der Waals surface area contributed by atoms with E-state index in [4.69, 9.17) is 0 Å². The summed E-state index contributed by atoms with van der Waals surface area (Å²) in [5, 5.41) is -0.304. The van der Waals surface area contributed by atoms with Gasteiger partial charge in [-0.3, -0.25) is 4.40 Å². The van der Waals surface area contributed by atoms with Crippen molar-refractivity contribution in [2.24, 2.45) is 0 Å². The Morgan fingerprint density at radius 3 is 2.61 bits per heavy atom. The summed E-state index contributed by atoms with van der Waals surface area (Å²) in [5.41, 5.74) is 1.39. The molecule has 0 atom stereocenters. The number of hydrogen-bond acceptors (Lipinski definition) is 3. The first-order chi connectivity index (χ1) is 8.31. The lowest BCUT2D eigenvalue weighted by atomic mass is 10.1. The zero-order valence-corrected chi connectivity index (χ0v) is 11.0. The standard InChI is InChI=1S/C12H13FN2O2S/c1-8-3-4-9-14-10(12(2)5-6-12)11(15(9)7-8)18(13,16)17/h3-4,7H,5-6H2,1-2H3. The highest BCUT2D eigenvalue weighted by molar-refractivity contribution is 7.86. The average molecular weight is 268 g/mol. The van der Waals surface area contributed by atoms with Crippen LogP contribution in [0.15, 0.2) is 23.4 Å². The fourth-order valence-corrected chi connectivity index (χ4v) is 3.08. The van der Waals surface area contributed by atoms with Crippen LogP contribution in [-0.2, 0) is 15.6 Å². The number of imidazole rings is 1.